The summed E-state index contributed by atoms with van der Waals surface area (Å²) in [4.78, 5) is 0. The van der Waals surface area contributed by atoms with Crippen LogP contribution in [-0.2, 0) is 8.85 Å². The zero-order valence-corrected chi connectivity index (χ0v) is 24.3. The van der Waals surface area contributed by atoms with Crippen LogP contribution in [0.5, 0.6) is 0 Å². The van der Waals surface area contributed by atoms with Crippen molar-refractivity contribution in [3.05, 3.63) is 72.8 Å². The third kappa shape index (κ3) is 12.0. The molecule has 0 atom stereocenters. The van der Waals surface area contributed by atoms with Gasteiger partial charge in [-0.05, 0) is 36.1 Å². The summed E-state index contributed by atoms with van der Waals surface area (Å²) < 4.78 is 13.6. The molecule has 0 spiro atoms. The summed E-state index contributed by atoms with van der Waals surface area (Å²) in [6.45, 7) is 6.00. The molecule has 0 heterocycles. The van der Waals surface area contributed by atoms with Crippen molar-refractivity contribution in [1.29, 1.82) is 0 Å². The summed E-state index contributed by atoms with van der Waals surface area (Å²) in [5.74, 6) is 0. The molecule has 2 rings (SSSR count). The minimum absolute atomic E-state index is 0.694. The van der Waals surface area contributed by atoms with Gasteiger partial charge >= 0.3 is 8.56 Å². The van der Waals surface area contributed by atoms with Crippen LogP contribution in [0.3, 0.4) is 0 Å². The Morgan fingerprint density at radius 3 is 1.50 bits per heavy atom. The first kappa shape index (κ1) is 30.5. The van der Waals surface area contributed by atoms with Crippen LogP contribution < -0.4 is 10.4 Å². The molecule has 0 bridgehead atoms. The van der Waals surface area contributed by atoms with E-state index in [1.165, 1.54) is 93.8 Å². The van der Waals surface area contributed by atoms with Gasteiger partial charge in [-0.1, -0.05) is 157 Å². The van der Waals surface area contributed by atoms with Crippen LogP contribution >= 0.6 is 0 Å². The van der Waals surface area contributed by atoms with Crippen molar-refractivity contribution in [3.63, 3.8) is 0 Å². The van der Waals surface area contributed by atoms with E-state index in [0.717, 1.165) is 19.4 Å². The van der Waals surface area contributed by atoms with Crippen molar-refractivity contribution in [1.82, 2.24) is 0 Å². The molecular formula is C33H52O2Si. The van der Waals surface area contributed by atoms with E-state index in [9.17, 15) is 0 Å². The van der Waals surface area contributed by atoms with E-state index in [1.54, 1.807) is 0 Å². The van der Waals surface area contributed by atoms with E-state index < -0.39 is 8.56 Å². The maximum atomic E-state index is 6.79. The van der Waals surface area contributed by atoms with Gasteiger partial charge in [-0.2, -0.15) is 0 Å². The van der Waals surface area contributed by atoms with Gasteiger partial charge in [0, 0.05) is 13.2 Å². The molecule has 0 aliphatic carbocycles. The number of hydrogen-bond donors (Lipinski definition) is 0. The van der Waals surface area contributed by atoms with Crippen LogP contribution in [0.1, 0.15) is 110 Å². The van der Waals surface area contributed by atoms with Crippen LogP contribution in [-0.4, -0.2) is 21.8 Å². The first-order chi connectivity index (χ1) is 17.8. The van der Waals surface area contributed by atoms with Crippen molar-refractivity contribution in [2.75, 3.05) is 13.2 Å². The smallest absolute Gasteiger partial charge is 0.388 e. The highest BCUT2D eigenvalue weighted by molar-refractivity contribution is 6.92. The zero-order chi connectivity index (χ0) is 25.6. The predicted octanol–water partition coefficient (Wildman–Crippen LogP) is 8.72. The van der Waals surface area contributed by atoms with Crippen LogP contribution in [0, 0.1) is 0 Å². The molecule has 0 aliphatic heterocycles. The summed E-state index contributed by atoms with van der Waals surface area (Å²) in [5, 5.41) is 2.40. The molecule has 0 unspecified atom stereocenters. The number of allylic oxidation sites excluding steroid dienone is 1. The quantitative estimate of drug-likeness (QED) is 0.0899. The van der Waals surface area contributed by atoms with E-state index in [2.05, 4.69) is 86.7 Å². The molecule has 3 heteroatoms. The third-order valence-electron chi connectivity index (χ3n) is 6.84. The highest BCUT2D eigenvalue weighted by atomic mass is 28.4. The minimum Gasteiger partial charge on any atom is -0.388 e. The van der Waals surface area contributed by atoms with Crippen LogP contribution in [0.4, 0.5) is 0 Å². The first-order valence-electron chi connectivity index (χ1n) is 14.9. The van der Waals surface area contributed by atoms with Gasteiger partial charge in [0.2, 0.25) is 0 Å². The number of hydrogen-bond acceptors (Lipinski definition) is 2. The lowest BCUT2D eigenvalue weighted by Gasteiger charge is -2.31. The van der Waals surface area contributed by atoms with Crippen molar-refractivity contribution < 1.29 is 8.85 Å². The molecule has 2 aromatic carbocycles. The molecule has 0 N–H and O–H groups in total. The Balaban J connectivity index is 1.88. The van der Waals surface area contributed by atoms with Gasteiger partial charge in [0.15, 0.2) is 0 Å². The molecule has 0 saturated carbocycles. The van der Waals surface area contributed by atoms with E-state index >= 15 is 0 Å². The Morgan fingerprint density at radius 1 is 0.500 bits per heavy atom. The second kappa shape index (κ2) is 20.4. The van der Waals surface area contributed by atoms with Crippen molar-refractivity contribution in [2.45, 2.75) is 110 Å². The van der Waals surface area contributed by atoms with Gasteiger partial charge in [-0.25, -0.2) is 0 Å². The maximum absolute atomic E-state index is 6.79. The fourth-order valence-corrected chi connectivity index (χ4v) is 7.86. The van der Waals surface area contributed by atoms with Gasteiger partial charge in [0.1, 0.15) is 0 Å². The second-order valence-electron chi connectivity index (χ2n) is 9.98. The highest BCUT2D eigenvalue weighted by Crippen LogP contribution is 2.14. The summed E-state index contributed by atoms with van der Waals surface area (Å²) >= 11 is 0. The fraction of sp³-hybridized carbons (Fsp3) is 0.576. The molecule has 0 saturated heterocycles. The molecule has 36 heavy (non-hydrogen) atoms. The van der Waals surface area contributed by atoms with Gasteiger partial charge in [0.25, 0.3) is 0 Å². The van der Waals surface area contributed by atoms with Gasteiger partial charge in [-0.3, -0.25) is 0 Å². The lowest BCUT2D eigenvalue weighted by atomic mass is 10.1. The zero-order valence-electron chi connectivity index (χ0n) is 23.3. The monoisotopic (exact) mass is 508 g/mol. The lowest BCUT2D eigenvalue weighted by molar-refractivity contribution is 0.190. The molecule has 0 radical (unpaired) electrons. The average molecular weight is 509 g/mol. The molecular weight excluding hydrogens is 456 g/mol. The van der Waals surface area contributed by atoms with Crippen LogP contribution in [0.15, 0.2) is 72.8 Å². The number of unbranched alkanes of at least 4 members (excludes halogenated alkanes) is 12. The molecule has 2 aromatic rings. The molecule has 0 aliphatic rings. The van der Waals surface area contributed by atoms with Crippen LogP contribution in [0.25, 0.3) is 0 Å². The molecule has 2 nitrogen and oxygen atoms in total. The summed E-state index contributed by atoms with van der Waals surface area (Å²) in [5.41, 5.74) is 0. The number of benzene rings is 2. The first-order valence-corrected chi connectivity index (χ1v) is 16.7. The average Bonchev–Trinajstić information content (AvgIpc) is 2.93. The minimum atomic E-state index is -2.75. The Labute approximate surface area is 223 Å². The summed E-state index contributed by atoms with van der Waals surface area (Å²) in [6, 6.07) is 21.3. The van der Waals surface area contributed by atoms with Gasteiger partial charge in [0.05, 0.1) is 0 Å². The van der Waals surface area contributed by atoms with Crippen LogP contribution in [0.2, 0.25) is 0 Å². The Morgan fingerprint density at radius 2 is 0.944 bits per heavy atom. The van der Waals surface area contributed by atoms with Gasteiger partial charge in [-0.15, -0.1) is 0 Å². The Bertz CT molecular complexity index is 735. The topological polar surface area (TPSA) is 18.5 Å². The fourth-order valence-electron chi connectivity index (χ4n) is 4.68. The van der Waals surface area contributed by atoms with Gasteiger partial charge < -0.3 is 8.85 Å². The van der Waals surface area contributed by atoms with E-state index in [-0.39, 0.29) is 0 Å². The second-order valence-corrected chi connectivity index (χ2v) is 12.9. The van der Waals surface area contributed by atoms with E-state index in [4.69, 9.17) is 8.85 Å². The highest BCUT2D eigenvalue weighted by Gasteiger charge is 2.42. The van der Waals surface area contributed by atoms with E-state index in [0.29, 0.717) is 6.61 Å². The predicted molar refractivity (Wildman–Crippen MR) is 160 cm³/mol. The van der Waals surface area contributed by atoms with Crippen molar-refractivity contribution >= 4 is 18.9 Å². The Hall–Kier alpha value is -1.68. The molecule has 0 amide bonds. The molecule has 0 fully saturated rings. The lowest BCUT2D eigenvalue weighted by Crippen LogP contribution is -2.63. The largest absolute Gasteiger partial charge is 0.407 e. The summed E-state index contributed by atoms with van der Waals surface area (Å²) in [6.07, 6.45) is 24.0. The molecule has 0 aromatic heterocycles. The number of rotatable bonds is 22. The maximum Gasteiger partial charge on any atom is 0.407 e. The van der Waals surface area contributed by atoms with E-state index in [1.807, 2.05) is 0 Å². The normalized spacial score (nSPS) is 11.9. The Kier molecular flexibility index (Phi) is 17.3. The third-order valence-corrected chi connectivity index (χ3v) is 10.2. The summed E-state index contributed by atoms with van der Waals surface area (Å²) in [7, 11) is -2.75. The SMILES string of the molecule is CCCCCCCCCC/C=C/CCO[Si](OCCCCCCC)(c1ccccc1)c1ccccc1. The standard InChI is InChI=1S/C33H52O2Si/c1-3-5-7-9-10-11-12-13-14-15-17-25-31-35-36(32-26-20-18-21-27-32,33-28-22-19-23-29-33)34-30-24-16-8-6-4-2/h15,17-23,26-29H,3-14,16,24-25,30-31H2,1-2H3/b17-15+. The van der Waals surface area contributed by atoms with Crippen molar-refractivity contribution in [3.8, 4) is 0 Å². The molecule has 200 valence electrons. The van der Waals surface area contributed by atoms with Crippen molar-refractivity contribution in [2.24, 2.45) is 0 Å².